The average Bonchev–Trinajstić information content (AvgIpc) is 2.48. The number of rotatable bonds is 4. The number of halogens is 2. The quantitative estimate of drug-likeness (QED) is 0.901. The Hall–Kier alpha value is -1.72. The van der Waals surface area contributed by atoms with E-state index in [2.05, 4.69) is 21.2 Å². The molecule has 0 aliphatic carbocycles. The Morgan fingerprint density at radius 3 is 2.65 bits per heavy atom. The van der Waals surface area contributed by atoms with Gasteiger partial charge in [-0.05, 0) is 29.3 Å². The second-order valence-corrected chi connectivity index (χ2v) is 5.20. The highest BCUT2D eigenvalue weighted by Gasteiger charge is 2.15. The van der Waals surface area contributed by atoms with Crippen LogP contribution < -0.4 is 11.1 Å². The van der Waals surface area contributed by atoms with Crippen molar-refractivity contribution >= 4 is 21.8 Å². The molecule has 3 N–H and O–H groups in total. The zero-order valence-corrected chi connectivity index (χ0v) is 12.2. The molecule has 0 aromatic heterocycles. The summed E-state index contributed by atoms with van der Waals surface area (Å²) in [5.74, 6) is -0.642. The first-order valence-electron chi connectivity index (χ1n) is 6.10. The van der Waals surface area contributed by atoms with Crippen molar-refractivity contribution in [3.8, 4) is 0 Å². The van der Waals surface area contributed by atoms with Gasteiger partial charge in [-0.15, -0.1) is 0 Å². The topological polar surface area (TPSA) is 55.1 Å². The van der Waals surface area contributed by atoms with E-state index in [0.717, 1.165) is 10.0 Å². The minimum Gasteiger partial charge on any atom is -0.350 e. The lowest BCUT2D eigenvalue weighted by Gasteiger charge is -2.13. The lowest BCUT2D eigenvalue weighted by Crippen LogP contribution is -2.33. The molecule has 0 saturated carbocycles. The zero-order valence-electron chi connectivity index (χ0n) is 10.6. The van der Waals surface area contributed by atoms with Crippen LogP contribution in [0.15, 0.2) is 53.0 Å². The number of benzene rings is 2. The van der Waals surface area contributed by atoms with Gasteiger partial charge < -0.3 is 11.1 Å². The van der Waals surface area contributed by atoms with E-state index in [0.29, 0.717) is 5.56 Å². The van der Waals surface area contributed by atoms with Crippen LogP contribution in [0, 0.1) is 5.82 Å². The standard InChI is InChI=1S/C15H14BrFN2O/c16-13-7-6-12(17)8-11(13)9-19-15(20)14(18)10-4-2-1-3-5-10/h1-8,14H,9,18H2,(H,19,20)/t14-/m0/s1. The Balaban J connectivity index is 2.00. The third kappa shape index (κ3) is 3.65. The van der Waals surface area contributed by atoms with E-state index in [1.165, 1.54) is 12.1 Å². The average molecular weight is 337 g/mol. The molecule has 5 heteroatoms. The van der Waals surface area contributed by atoms with Crippen molar-refractivity contribution in [2.45, 2.75) is 12.6 Å². The summed E-state index contributed by atoms with van der Waals surface area (Å²) in [6, 6.07) is 12.7. The highest BCUT2D eigenvalue weighted by atomic mass is 79.9. The Bertz CT molecular complexity index is 604. The summed E-state index contributed by atoms with van der Waals surface area (Å²) in [7, 11) is 0. The minimum absolute atomic E-state index is 0.220. The molecule has 0 aliphatic rings. The van der Waals surface area contributed by atoms with E-state index in [1.54, 1.807) is 18.2 Å². The van der Waals surface area contributed by atoms with Crippen molar-refractivity contribution in [2.24, 2.45) is 5.73 Å². The molecule has 1 amide bonds. The predicted octanol–water partition coefficient (Wildman–Crippen LogP) is 2.90. The fourth-order valence-electron chi connectivity index (χ4n) is 1.78. The highest BCUT2D eigenvalue weighted by Crippen LogP contribution is 2.18. The number of nitrogens with one attached hydrogen (secondary N) is 1. The second kappa shape index (κ2) is 6.63. The second-order valence-electron chi connectivity index (χ2n) is 4.34. The smallest absolute Gasteiger partial charge is 0.241 e. The monoisotopic (exact) mass is 336 g/mol. The molecule has 2 aromatic rings. The van der Waals surface area contributed by atoms with Crippen molar-refractivity contribution < 1.29 is 9.18 Å². The van der Waals surface area contributed by atoms with Gasteiger partial charge in [-0.2, -0.15) is 0 Å². The van der Waals surface area contributed by atoms with Crippen molar-refractivity contribution in [1.82, 2.24) is 5.32 Å². The third-order valence-electron chi connectivity index (χ3n) is 2.90. The van der Waals surface area contributed by atoms with Crippen molar-refractivity contribution in [3.05, 3.63) is 69.9 Å². The van der Waals surface area contributed by atoms with E-state index in [-0.39, 0.29) is 18.3 Å². The van der Waals surface area contributed by atoms with E-state index in [9.17, 15) is 9.18 Å². The minimum atomic E-state index is -0.733. The van der Waals surface area contributed by atoms with Gasteiger partial charge in [-0.3, -0.25) is 4.79 Å². The molecule has 0 bridgehead atoms. The molecule has 2 aromatic carbocycles. The van der Waals surface area contributed by atoms with E-state index >= 15 is 0 Å². The Morgan fingerprint density at radius 1 is 1.25 bits per heavy atom. The van der Waals surface area contributed by atoms with Crippen molar-refractivity contribution in [3.63, 3.8) is 0 Å². The highest BCUT2D eigenvalue weighted by molar-refractivity contribution is 9.10. The van der Waals surface area contributed by atoms with Crippen LogP contribution in [-0.4, -0.2) is 5.91 Å². The lowest BCUT2D eigenvalue weighted by atomic mass is 10.1. The zero-order chi connectivity index (χ0) is 14.5. The van der Waals surface area contributed by atoms with Crippen LogP contribution in [-0.2, 0) is 11.3 Å². The Morgan fingerprint density at radius 2 is 1.95 bits per heavy atom. The molecule has 0 aliphatic heterocycles. The molecule has 1 atom stereocenters. The van der Waals surface area contributed by atoms with Crippen molar-refractivity contribution in [2.75, 3.05) is 0 Å². The van der Waals surface area contributed by atoms with Gasteiger partial charge in [-0.25, -0.2) is 4.39 Å². The summed E-state index contributed by atoms with van der Waals surface area (Å²) in [5.41, 5.74) is 7.28. The molecule has 0 fully saturated rings. The fraction of sp³-hybridized carbons (Fsp3) is 0.133. The largest absolute Gasteiger partial charge is 0.350 e. The summed E-state index contributed by atoms with van der Waals surface area (Å²) >= 11 is 3.31. The van der Waals surface area contributed by atoms with Gasteiger partial charge in [0.15, 0.2) is 0 Å². The molecule has 3 nitrogen and oxygen atoms in total. The molecule has 0 heterocycles. The first-order valence-corrected chi connectivity index (χ1v) is 6.89. The SMILES string of the molecule is N[C@H](C(=O)NCc1cc(F)ccc1Br)c1ccccc1. The van der Waals surface area contributed by atoms with Gasteiger partial charge in [0.1, 0.15) is 11.9 Å². The summed E-state index contributed by atoms with van der Waals surface area (Å²) in [6.07, 6.45) is 0. The predicted molar refractivity (Wildman–Crippen MR) is 79.3 cm³/mol. The number of nitrogens with two attached hydrogens (primary N) is 1. The van der Waals surface area contributed by atoms with Crippen LogP contribution >= 0.6 is 15.9 Å². The van der Waals surface area contributed by atoms with E-state index in [1.807, 2.05) is 18.2 Å². The molecular weight excluding hydrogens is 323 g/mol. The summed E-state index contributed by atoms with van der Waals surface area (Å²) in [6.45, 7) is 0.220. The molecular formula is C15H14BrFN2O. The lowest BCUT2D eigenvalue weighted by molar-refractivity contribution is -0.122. The van der Waals surface area contributed by atoms with Crippen LogP contribution in [0.25, 0.3) is 0 Å². The van der Waals surface area contributed by atoms with E-state index < -0.39 is 6.04 Å². The fourth-order valence-corrected chi connectivity index (χ4v) is 2.17. The van der Waals surface area contributed by atoms with Gasteiger partial charge in [0.25, 0.3) is 0 Å². The van der Waals surface area contributed by atoms with Crippen LogP contribution in [0.2, 0.25) is 0 Å². The van der Waals surface area contributed by atoms with Gasteiger partial charge in [0.05, 0.1) is 0 Å². The summed E-state index contributed by atoms with van der Waals surface area (Å²) in [4.78, 5) is 12.0. The van der Waals surface area contributed by atoms with Gasteiger partial charge in [-0.1, -0.05) is 46.3 Å². The van der Waals surface area contributed by atoms with Crippen LogP contribution in [0.3, 0.4) is 0 Å². The molecule has 20 heavy (non-hydrogen) atoms. The van der Waals surface area contributed by atoms with Crippen LogP contribution in [0.4, 0.5) is 4.39 Å². The Kier molecular flexibility index (Phi) is 4.87. The number of amides is 1. The van der Waals surface area contributed by atoms with Crippen LogP contribution in [0.5, 0.6) is 0 Å². The van der Waals surface area contributed by atoms with E-state index in [4.69, 9.17) is 5.73 Å². The number of hydrogen-bond acceptors (Lipinski definition) is 2. The molecule has 0 spiro atoms. The van der Waals surface area contributed by atoms with Gasteiger partial charge >= 0.3 is 0 Å². The normalized spacial score (nSPS) is 11.9. The molecule has 0 saturated heterocycles. The molecule has 0 unspecified atom stereocenters. The number of hydrogen-bond donors (Lipinski definition) is 2. The maximum Gasteiger partial charge on any atom is 0.241 e. The number of carbonyl (C=O) groups is 1. The first-order chi connectivity index (χ1) is 9.58. The first kappa shape index (κ1) is 14.7. The molecule has 104 valence electrons. The third-order valence-corrected chi connectivity index (χ3v) is 3.68. The van der Waals surface area contributed by atoms with Gasteiger partial charge in [0, 0.05) is 11.0 Å². The maximum absolute atomic E-state index is 13.1. The van der Waals surface area contributed by atoms with Crippen molar-refractivity contribution in [1.29, 1.82) is 0 Å². The Labute approximate surface area is 125 Å². The molecule has 0 radical (unpaired) electrons. The van der Waals surface area contributed by atoms with Gasteiger partial charge in [0.2, 0.25) is 5.91 Å². The molecule has 2 rings (SSSR count). The summed E-state index contributed by atoms with van der Waals surface area (Å²) < 4.78 is 13.9. The van der Waals surface area contributed by atoms with Crippen LogP contribution in [0.1, 0.15) is 17.2 Å². The summed E-state index contributed by atoms with van der Waals surface area (Å²) in [5, 5.41) is 2.70. The maximum atomic E-state index is 13.1. The number of carbonyl (C=O) groups excluding carboxylic acids is 1.